The first-order chi connectivity index (χ1) is 15.7. The first-order valence-corrected chi connectivity index (χ1v) is 19.6. The van der Waals surface area contributed by atoms with Gasteiger partial charge in [-0.05, 0) is 0 Å². The Bertz CT molecular complexity index is 1130. The number of nitrogens with zero attached hydrogens (tertiary/aromatic N) is 2. The molecule has 4 atom stereocenters. The summed E-state index contributed by atoms with van der Waals surface area (Å²) in [5.41, 5.74) is 3.71. The van der Waals surface area contributed by atoms with Crippen LogP contribution in [0.4, 0.5) is 0 Å². The van der Waals surface area contributed by atoms with Crippen LogP contribution < -0.4 is 10.6 Å². The summed E-state index contributed by atoms with van der Waals surface area (Å²) >= 11 is 4.57. The number of halogens is 2. The number of aryl methyl sites for hydroxylation is 2. The van der Waals surface area contributed by atoms with E-state index in [4.69, 9.17) is 14.0 Å². The second-order valence-corrected chi connectivity index (χ2v) is 17.7. The van der Waals surface area contributed by atoms with Gasteiger partial charge < -0.3 is 0 Å². The molecule has 1 saturated carbocycles. The summed E-state index contributed by atoms with van der Waals surface area (Å²) in [4.78, 5) is 3.54. The minimum absolute atomic E-state index is 0.386. The maximum atomic E-state index is 10.8. The van der Waals surface area contributed by atoms with Gasteiger partial charge in [0.1, 0.15) is 0 Å². The monoisotopic (exact) mass is 702 g/mol. The first-order valence-electron chi connectivity index (χ1n) is 11.2. The summed E-state index contributed by atoms with van der Waals surface area (Å²) in [5.74, 6) is 0.772. The van der Waals surface area contributed by atoms with Gasteiger partial charge in [-0.2, -0.15) is 0 Å². The van der Waals surface area contributed by atoms with Crippen LogP contribution in [0.1, 0.15) is 47.9 Å². The summed E-state index contributed by atoms with van der Waals surface area (Å²) in [6.45, 7) is 6.16. The van der Waals surface area contributed by atoms with E-state index in [0.29, 0.717) is 36.7 Å². The first kappa shape index (κ1) is 26.2. The number of rotatable bonds is 4. The van der Waals surface area contributed by atoms with E-state index in [1.165, 1.54) is 25.7 Å². The third-order valence-corrected chi connectivity index (χ3v) is 11.8. The molecule has 0 amide bonds. The Morgan fingerprint density at radius 2 is 1.21 bits per heavy atom. The van der Waals surface area contributed by atoms with Crippen molar-refractivity contribution in [2.24, 2.45) is 0 Å². The van der Waals surface area contributed by atoms with Gasteiger partial charge in [-0.25, -0.2) is 0 Å². The molecule has 10 heteroatoms. The van der Waals surface area contributed by atoms with Crippen molar-refractivity contribution in [1.82, 2.24) is 9.80 Å². The van der Waals surface area contributed by atoms with E-state index in [1.54, 1.807) is 0 Å². The van der Waals surface area contributed by atoms with Crippen LogP contribution in [0.5, 0.6) is 11.5 Å². The van der Waals surface area contributed by atoms with Gasteiger partial charge in [0.2, 0.25) is 0 Å². The molecule has 172 valence electrons. The van der Waals surface area contributed by atoms with Crippen molar-refractivity contribution in [3.05, 3.63) is 46.5 Å². The topological polar surface area (TPSA) is 46.9 Å². The van der Waals surface area contributed by atoms with Crippen molar-refractivity contribution >= 4 is 78.5 Å². The normalized spacial score (nSPS) is 22.4. The molecular formula is C23H28B2I2N2O2P2. The van der Waals surface area contributed by atoms with Crippen molar-refractivity contribution < 1.29 is 10.2 Å². The van der Waals surface area contributed by atoms with Crippen molar-refractivity contribution in [2.45, 2.75) is 64.7 Å². The van der Waals surface area contributed by atoms with Gasteiger partial charge >= 0.3 is 228 Å². The average Bonchev–Trinajstić information content (AvgIpc) is 3.11. The molecule has 2 fully saturated rings. The predicted octanol–water partition coefficient (Wildman–Crippen LogP) is 5.38. The quantitative estimate of drug-likeness (QED) is 0.256. The molecule has 1 aliphatic heterocycles. The number of aromatic hydroxyl groups is 2. The second kappa shape index (κ2) is 11.0. The molecule has 0 aromatic heterocycles. The molecule has 4 nitrogen and oxygen atoms in total. The molecule has 1 saturated heterocycles. The molecule has 33 heavy (non-hydrogen) atoms. The van der Waals surface area contributed by atoms with Gasteiger partial charge in [-0.3, -0.25) is 0 Å². The summed E-state index contributed by atoms with van der Waals surface area (Å²) in [6, 6.07) is 9.11. The van der Waals surface area contributed by atoms with Crippen LogP contribution in [-0.2, 0) is 13.1 Å². The second-order valence-electron chi connectivity index (χ2n) is 9.22. The number of phenolic OH excluding ortho intramolecular Hbond substituents is 2. The van der Waals surface area contributed by atoms with Gasteiger partial charge in [0, 0.05) is 0 Å². The Kier molecular flexibility index (Phi) is 8.77. The molecule has 4 unspecified atom stereocenters. The summed E-state index contributed by atoms with van der Waals surface area (Å²) < 4.78 is 0. The molecule has 0 bridgehead atoms. The molecule has 2 aromatic carbocycles. The fraction of sp³-hybridized carbons (Fsp3) is 0.478. The zero-order chi connectivity index (χ0) is 23.9. The van der Waals surface area contributed by atoms with E-state index in [0.717, 1.165) is 39.5 Å². The van der Waals surface area contributed by atoms with Crippen LogP contribution in [0.15, 0.2) is 24.3 Å². The molecule has 0 spiro atoms. The Balaban J connectivity index is 1.62. The van der Waals surface area contributed by atoms with E-state index >= 15 is 0 Å². The predicted molar refractivity (Wildman–Crippen MR) is 160 cm³/mol. The summed E-state index contributed by atoms with van der Waals surface area (Å²) in [5, 5.41) is 23.8. The standard InChI is InChI=1S/C23H28B2I2N2O2P2/c1-14-7-18(32(24)26)9-16(22(14)30)11-28-13-29(21-6-4-3-5-20(21)28)12-17-10-19(33(25)27)8-15(2)23(17)31/h7-10,20-21,30-31H,3-6,11-13H2,1-2H3. The Morgan fingerprint density at radius 3 is 1.58 bits per heavy atom. The molecule has 4 rings (SSSR count). The van der Waals surface area contributed by atoms with Gasteiger partial charge in [0.05, 0.1) is 0 Å². The van der Waals surface area contributed by atoms with Crippen molar-refractivity contribution in [3.63, 3.8) is 0 Å². The zero-order valence-electron chi connectivity index (χ0n) is 19.0. The number of fused-ring (bicyclic) bond motifs is 1. The Labute approximate surface area is 226 Å². The molecule has 2 aromatic rings. The molecule has 1 heterocycles. The number of hydrogen-bond acceptors (Lipinski definition) is 4. The van der Waals surface area contributed by atoms with E-state index in [9.17, 15) is 10.2 Å². The number of phenols is 2. The molecule has 2 aliphatic rings. The van der Waals surface area contributed by atoms with Gasteiger partial charge in [-0.15, -0.1) is 0 Å². The molecule has 2 N–H and O–H groups in total. The van der Waals surface area contributed by atoms with E-state index in [2.05, 4.69) is 66.0 Å². The molecule has 0 radical (unpaired) electrons. The molecule has 1 aliphatic carbocycles. The maximum absolute atomic E-state index is 10.8. The van der Waals surface area contributed by atoms with Crippen LogP contribution in [0.2, 0.25) is 0 Å². The molecular weight excluding hydrogens is 674 g/mol. The average molecular weight is 702 g/mol. The van der Waals surface area contributed by atoms with Crippen LogP contribution in [0, 0.1) is 13.8 Å². The SMILES string of the molecule is B#P(I)c1cc(C)c(O)c(CN2CN(Cc3cc(P(#B)I)cc(C)c3O)C3CCCCC32)c1. The number of benzene rings is 2. The third-order valence-electron chi connectivity index (χ3n) is 6.96. The van der Waals surface area contributed by atoms with Crippen LogP contribution in [-0.4, -0.2) is 52.8 Å². The van der Waals surface area contributed by atoms with Crippen LogP contribution in [0.3, 0.4) is 0 Å². The van der Waals surface area contributed by atoms with E-state index in [-0.39, 0.29) is 0 Å². The van der Waals surface area contributed by atoms with Gasteiger partial charge in [0.15, 0.2) is 0 Å². The number of hydrogen-bond donors (Lipinski definition) is 2. The van der Waals surface area contributed by atoms with Crippen LogP contribution >= 0.6 is 53.8 Å². The Morgan fingerprint density at radius 1 is 0.818 bits per heavy atom. The zero-order valence-corrected chi connectivity index (χ0v) is 25.1. The van der Waals surface area contributed by atoms with Crippen LogP contribution in [0.25, 0.3) is 0 Å². The van der Waals surface area contributed by atoms with E-state index in [1.807, 2.05) is 26.0 Å². The minimum atomic E-state index is -0.739. The van der Waals surface area contributed by atoms with Crippen molar-refractivity contribution in [3.8, 4) is 11.5 Å². The summed E-state index contributed by atoms with van der Waals surface area (Å²) in [7, 11) is 12.4. The summed E-state index contributed by atoms with van der Waals surface area (Å²) in [6.07, 6.45) is 4.82. The Hall–Kier alpha value is 0.150. The van der Waals surface area contributed by atoms with Crippen molar-refractivity contribution in [2.75, 3.05) is 6.67 Å². The third kappa shape index (κ3) is 5.77. The fourth-order valence-corrected chi connectivity index (χ4v) is 8.17. The van der Waals surface area contributed by atoms with Gasteiger partial charge in [-0.1, -0.05) is 0 Å². The van der Waals surface area contributed by atoms with E-state index < -0.39 is 9.76 Å². The fourth-order valence-electron chi connectivity index (χ4n) is 5.31. The van der Waals surface area contributed by atoms with Gasteiger partial charge in [0.25, 0.3) is 0 Å². The van der Waals surface area contributed by atoms with Crippen molar-refractivity contribution in [1.29, 1.82) is 0 Å².